The van der Waals surface area contributed by atoms with E-state index in [1.165, 1.54) is 20.3 Å². The fourth-order valence-electron chi connectivity index (χ4n) is 3.74. The third-order valence-corrected chi connectivity index (χ3v) is 5.84. The molecule has 7 nitrogen and oxygen atoms in total. The second-order valence-corrected chi connectivity index (χ2v) is 8.51. The minimum Gasteiger partial charge on any atom is -0.494 e. The second-order valence-electron chi connectivity index (χ2n) is 8.10. The first-order valence-electron chi connectivity index (χ1n) is 10.2. The molecule has 1 aliphatic heterocycles. The molecule has 2 heterocycles. The van der Waals surface area contributed by atoms with Crippen molar-refractivity contribution in [2.45, 2.75) is 25.7 Å². The summed E-state index contributed by atoms with van der Waals surface area (Å²) in [7, 11) is 3.03. The van der Waals surface area contributed by atoms with Crippen LogP contribution in [0.15, 0.2) is 46.9 Å². The van der Waals surface area contributed by atoms with Gasteiger partial charge in [-0.15, -0.1) is 0 Å². The van der Waals surface area contributed by atoms with E-state index in [0.717, 1.165) is 24.2 Å². The van der Waals surface area contributed by atoms with E-state index in [-0.39, 0.29) is 17.1 Å². The summed E-state index contributed by atoms with van der Waals surface area (Å²) >= 11 is 6.43. The van der Waals surface area contributed by atoms with Gasteiger partial charge in [0, 0.05) is 18.3 Å². The minimum atomic E-state index is -0.468. The van der Waals surface area contributed by atoms with Gasteiger partial charge in [0.1, 0.15) is 22.9 Å². The lowest BCUT2D eigenvalue weighted by molar-refractivity contribution is 0.0991. The van der Waals surface area contributed by atoms with Gasteiger partial charge in [-0.2, -0.15) is 0 Å². The lowest BCUT2D eigenvalue weighted by Crippen LogP contribution is -2.28. The summed E-state index contributed by atoms with van der Waals surface area (Å²) in [5.41, 5.74) is 2.53. The first-order valence-corrected chi connectivity index (χ1v) is 10.6. The molecule has 0 fully saturated rings. The molecule has 4 rings (SSSR count). The Kier molecular flexibility index (Phi) is 5.93. The first-order chi connectivity index (χ1) is 15.3. The molecule has 0 radical (unpaired) electrons. The van der Waals surface area contributed by atoms with E-state index >= 15 is 0 Å². The Morgan fingerprint density at radius 3 is 2.50 bits per heavy atom. The van der Waals surface area contributed by atoms with E-state index in [1.54, 1.807) is 24.3 Å². The van der Waals surface area contributed by atoms with Crippen molar-refractivity contribution in [1.29, 1.82) is 0 Å². The van der Waals surface area contributed by atoms with Crippen LogP contribution in [0.4, 0.5) is 11.4 Å². The number of anilines is 2. The molecule has 3 aromatic rings. The predicted molar refractivity (Wildman–Crippen MR) is 124 cm³/mol. The number of fused-ring (bicyclic) bond motifs is 1. The highest BCUT2D eigenvalue weighted by molar-refractivity contribution is 6.32. The van der Waals surface area contributed by atoms with Crippen molar-refractivity contribution in [2.24, 2.45) is 0 Å². The summed E-state index contributed by atoms with van der Waals surface area (Å²) in [5, 5.41) is 6.59. The first kappa shape index (κ1) is 21.9. The molecule has 0 saturated carbocycles. The molecule has 1 aromatic heterocycles. The summed E-state index contributed by atoms with van der Waals surface area (Å²) in [6.07, 6.45) is 0.999. The van der Waals surface area contributed by atoms with E-state index in [9.17, 15) is 4.79 Å². The van der Waals surface area contributed by atoms with Gasteiger partial charge < -0.3 is 29.3 Å². The van der Waals surface area contributed by atoms with Crippen molar-refractivity contribution in [3.63, 3.8) is 0 Å². The van der Waals surface area contributed by atoms with Crippen LogP contribution in [0.25, 0.3) is 0 Å². The molecule has 32 heavy (non-hydrogen) atoms. The predicted octanol–water partition coefficient (Wildman–Crippen LogP) is 6.09. The van der Waals surface area contributed by atoms with E-state index in [0.29, 0.717) is 28.0 Å². The fraction of sp³-hybridized carbons (Fsp3) is 0.292. The molecular formula is C24H25ClN2O5. The van der Waals surface area contributed by atoms with Crippen molar-refractivity contribution in [3.05, 3.63) is 58.8 Å². The lowest BCUT2D eigenvalue weighted by atomic mass is 9.78. The summed E-state index contributed by atoms with van der Waals surface area (Å²) in [5.74, 6) is 1.17. The number of hydrogen-bond donors (Lipinski definition) is 2. The van der Waals surface area contributed by atoms with Gasteiger partial charge in [-0.25, -0.2) is 0 Å². The molecule has 168 valence electrons. The van der Waals surface area contributed by atoms with Crippen molar-refractivity contribution in [1.82, 2.24) is 0 Å². The number of methoxy groups -OCH3 is 2. The van der Waals surface area contributed by atoms with Crippen molar-refractivity contribution in [3.8, 4) is 23.2 Å². The number of benzene rings is 2. The van der Waals surface area contributed by atoms with Crippen LogP contribution in [0.5, 0.6) is 23.2 Å². The fourth-order valence-corrected chi connectivity index (χ4v) is 3.94. The number of carbonyl (C=O) groups excluding carboxylic acids is 1. The number of nitrogens with one attached hydrogen (secondary N) is 2. The molecule has 1 aliphatic rings. The molecule has 0 aliphatic carbocycles. The largest absolute Gasteiger partial charge is 0.494 e. The summed E-state index contributed by atoms with van der Waals surface area (Å²) < 4.78 is 22.1. The zero-order chi connectivity index (χ0) is 22.9. The Balaban J connectivity index is 1.55. The van der Waals surface area contributed by atoms with Crippen molar-refractivity contribution >= 4 is 28.9 Å². The average Bonchev–Trinajstić information content (AvgIpc) is 3.23. The van der Waals surface area contributed by atoms with Gasteiger partial charge in [0.15, 0.2) is 5.76 Å². The minimum absolute atomic E-state index is 0.00864. The number of halogens is 1. The molecular weight excluding hydrogens is 432 g/mol. The van der Waals surface area contributed by atoms with Gasteiger partial charge in [-0.1, -0.05) is 31.5 Å². The van der Waals surface area contributed by atoms with Gasteiger partial charge >= 0.3 is 0 Å². The van der Waals surface area contributed by atoms with E-state index in [1.807, 2.05) is 12.1 Å². The maximum Gasteiger partial charge on any atom is 0.291 e. The van der Waals surface area contributed by atoms with E-state index in [4.69, 9.17) is 30.2 Å². The standard InChI is InChI=1S/C24H25ClN2O5/c1-24(2)10-11-26-16-13-15(25)20(12-14(16)24)32-21-9-8-19(31-21)23(28)27-22-17(29-3)6-5-7-18(22)30-4/h5-9,12-13,26H,10-11H2,1-4H3,(H,27,28). The maximum atomic E-state index is 12.8. The Labute approximate surface area is 191 Å². The maximum absolute atomic E-state index is 12.8. The van der Waals surface area contributed by atoms with E-state index < -0.39 is 5.91 Å². The number of hydrogen-bond acceptors (Lipinski definition) is 6. The Morgan fingerprint density at radius 2 is 1.81 bits per heavy atom. The molecule has 0 atom stereocenters. The van der Waals surface area contributed by atoms with Crippen LogP contribution in [0.1, 0.15) is 36.4 Å². The number of carbonyl (C=O) groups is 1. The number of rotatable bonds is 6. The van der Waals surface area contributed by atoms with Crippen molar-refractivity contribution < 1.29 is 23.4 Å². The topological polar surface area (TPSA) is 82.0 Å². The SMILES string of the molecule is COc1cccc(OC)c1NC(=O)c1ccc(Oc2cc3c(cc2Cl)NCCC3(C)C)o1. The van der Waals surface area contributed by atoms with Crippen LogP contribution >= 0.6 is 11.6 Å². The third kappa shape index (κ3) is 4.21. The lowest BCUT2D eigenvalue weighted by Gasteiger charge is -2.33. The van der Waals surface area contributed by atoms with Crippen LogP contribution in [-0.2, 0) is 5.41 Å². The number of para-hydroxylation sites is 1. The highest BCUT2D eigenvalue weighted by Crippen LogP contribution is 2.43. The van der Waals surface area contributed by atoms with Gasteiger partial charge in [0.25, 0.3) is 11.9 Å². The summed E-state index contributed by atoms with van der Waals surface area (Å²) in [4.78, 5) is 12.8. The molecule has 0 unspecified atom stereocenters. The zero-order valence-corrected chi connectivity index (χ0v) is 19.1. The van der Waals surface area contributed by atoms with Crippen LogP contribution in [0.3, 0.4) is 0 Å². The van der Waals surface area contributed by atoms with Gasteiger partial charge in [0.2, 0.25) is 0 Å². The highest BCUT2D eigenvalue weighted by atomic mass is 35.5. The van der Waals surface area contributed by atoms with Gasteiger partial charge in [0.05, 0.1) is 19.2 Å². The number of furan rings is 1. The molecule has 2 aromatic carbocycles. The molecule has 2 N–H and O–H groups in total. The molecule has 0 saturated heterocycles. The average molecular weight is 457 g/mol. The third-order valence-electron chi connectivity index (χ3n) is 5.55. The monoisotopic (exact) mass is 456 g/mol. The zero-order valence-electron chi connectivity index (χ0n) is 18.4. The number of ether oxygens (including phenoxy) is 3. The van der Waals surface area contributed by atoms with E-state index in [2.05, 4.69) is 24.5 Å². The van der Waals surface area contributed by atoms with Crippen molar-refractivity contribution in [2.75, 3.05) is 31.4 Å². The van der Waals surface area contributed by atoms with Crippen LogP contribution < -0.4 is 24.8 Å². The molecule has 0 bridgehead atoms. The van der Waals surface area contributed by atoms with Crippen LogP contribution in [-0.4, -0.2) is 26.7 Å². The summed E-state index contributed by atoms with van der Waals surface area (Å²) in [6.45, 7) is 5.27. The van der Waals surface area contributed by atoms with Gasteiger partial charge in [-0.3, -0.25) is 4.79 Å². The normalized spacial score (nSPS) is 14.2. The van der Waals surface area contributed by atoms with Gasteiger partial charge in [-0.05, 0) is 47.7 Å². The smallest absolute Gasteiger partial charge is 0.291 e. The Hall–Kier alpha value is -3.32. The quantitative estimate of drug-likeness (QED) is 0.467. The summed E-state index contributed by atoms with van der Waals surface area (Å²) in [6, 6.07) is 12.1. The highest BCUT2D eigenvalue weighted by Gasteiger charge is 2.29. The number of amides is 1. The Morgan fingerprint density at radius 1 is 1.09 bits per heavy atom. The Bertz CT molecular complexity index is 1130. The molecule has 8 heteroatoms. The molecule has 1 amide bonds. The van der Waals surface area contributed by atoms with Crippen LogP contribution in [0.2, 0.25) is 5.02 Å². The molecule has 0 spiro atoms. The van der Waals surface area contributed by atoms with Crippen LogP contribution in [0, 0.1) is 0 Å². The second kappa shape index (κ2) is 8.67.